The van der Waals surface area contributed by atoms with Crippen LogP contribution in [0.15, 0.2) is 17.0 Å². The van der Waals surface area contributed by atoms with E-state index in [9.17, 15) is 8.42 Å². The molecule has 0 atom stereocenters. The Kier molecular flexibility index (Phi) is 5.73. The molecular formula is C13H18N2O2S2. The Bertz CT molecular complexity index is 589. The van der Waals surface area contributed by atoms with Crippen molar-refractivity contribution in [3.05, 3.63) is 23.3 Å². The van der Waals surface area contributed by atoms with Crippen LogP contribution in [0, 0.1) is 26.2 Å². The molecule has 104 valence electrons. The van der Waals surface area contributed by atoms with Crippen LogP contribution in [-0.2, 0) is 10.0 Å². The summed E-state index contributed by atoms with van der Waals surface area (Å²) in [5.74, 6) is 3.71. The van der Waals surface area contributed by atoms with Crippen molar-refractivity contribution in [3.8, 4) is 12.3 Å². The van der Waals surface area contributed by atoms with Gasteiger partial charge in [0, 0.05) is 18.0 Å². The number of aryl methyl sites for hydroxylation is 1. The molecule has 1 rings (SSSR count). The standard InChI is InChI=1S/C13H18N2O2S2/c1-4-6-18-7-5-15-19(16,17)13-9-12(14)8-10(2)11(13)3/h1,8-9,15H,5-7,14H2,2-3H3. The molecule has 0 bridgehead atoms. The zero-order chi connectivity index (χ0) is 14.5. The molecule has 3 N–H and O–H groups in total. The van der Waals surface area contributed by atoms with E-state index < -0.39 is 10.0 Å². The molecule has 0 spiro atoms. The monoisotopic (exact) mass is 298 g/mol. The minimum Gasteiger partial charge on any atom is -0.399 e. The van der Waals surface area contributed by atoms with E-state index in [4.69, 9.17) is 12.2 Å². The predicted molar refractivity (Wildman–Crippen MR) is 81.7 cm³/mol. The molecule has 19 heavy (non-hydrogen) atoms. The first-order valence-electron chi connectivity index (χ1n) is 5.76. The summed E-state index contributed by atoms with van der Waals surface area (Å²) in [7, 11) is -3.52. The number of nitrogen functional groups attached to an aromatic ring is 1. The molecule has 0 radical (unpaired) electrons. The van der Waals surface area contributed by atoms with Crippen molar-refractivity contribution in [2.24, 2.45) is 0 Å². The number of benzene rings is 1. The second-order valence-electron chi connectivity index (χ2n) is 4.12. The molecule has 0 heterocycles. The topological polar surface area (TPSA) is 72.2 Å². The van der Waals surface area contributed by atoms with Gasteiger partial charge in [-0.3, -0.25) is 0 Å². The van der Waals surface area contributed by atoms with Gasteiger partial charge in [-0.25, -0.2) is 13.1 Å². The first-order valence-corrected chi connectivity index (χ1v) is 8.40. The fourth-order valence-corrected chi connectivity index (χ4v) is 3.61. The number of thioether (sulfide) groups is 1. The summed E-state index contributed by atoms with van der Waals surface area (Å²) in [6, 6.07) is 3.25. The lowest BCUT2D eigenvalue weighted by Gasteiger charge is -2.12. The van der Waals surface area contributed by atoms with Gasteiger partial charge in [0.25, 0.3) is 0 Å². The highest BCUT2D eigenvalue weighted by atomic mass is 32.2. The number of anilines is 1. The zero-order valence-corrected chi connectivity index (χ0v) is 12.7. The summed E-state index contributed by atoms with van der Waals surface area (Å²) in [6.45, 7) is 3.96. The van der Waals surface area contributed by atoms with E-state index >= 15 is 0 Å². The normalized spacial score (nSPS) is 11.2. The SMILES string of the molecule is C#CCSCCNS(=O)(=O)c1cc(N)cc(C)c1C. The number of sulfonamides is 1. The largest absolute Gasteiger partial charge is 0.399 e. The molecule has 0 saturated heterocycles. The van der Waals surface area contributed by atoms with Crippen molar-refractivity contribution < 1.29 is 8.42 Å². The minimum absolute atomic E-state index is 0.243. The average molecular weight is 298 g/mol. The highest BCUT2D eigenvalue weighted by Gasteiger charge is 2.17. The van der Waals surface area contributed by atoms with E-state index in [1.54, 1.807) is 13.0 Å². The molecule has 0 unspecified atom stereocenters. The molecule has 0 aliphatic heterocycles. The maximum absolute atomic E-state index is 12.2. The Morgan fingerprint density at radius 2 is 2.11 bits per heavy atom. The number of hydrogen-bond acceptors (Lipinski definition) is 4. The highest BCUT2D eigenvalue weighted by Crippen LogP contribution is 2.22. The van der Waals surface area contributed by atoms with Crippen molar-refractivity contribution in [1.82, 2.24) is 4.72 Å². The Labute approximate surface area is 119 Å². The Morgan fingerprint density at radius 3 is 2.74 bits per heavy atom. The van der Waals surface area contributed by atoms with E-state index in [-0.39, 0.29) is 4.90 Å². The van der Waals surface area contributed by atoms with Crippen LogP contribution in [0.1, 0.15) is 11.1 Å². The van der Waals surface area contributed by atoms with Gasteiger partial charge < -0.3 is 5.73 Å². The zero-order valence-electron chi connectivity index (χ0n) is 11.1. The molecule has 1 aromatic carbocycles. The number of nitrogens with one attached hydrogen (secondary N) is 1. The maximum atomic E-state index is 12.2. The first kappa shape index (κ1) is 15.9. The van der Waals surface area contributed by atoms with Crippen LogP contribution in [-0.4, -0.2) is 26.5 Å². The molecule has 4 nitrogen and oxygen atoms in total. The number of terminal acetylenes is 1. The Morgan fingerprint density at radius 1 is 1.42 bits per heavy atom. The molecular weight excluding hydrogens is 280 g/mol. The van der Waals surface area contributed by atoms with Crippen molar-refractivity contribution in [2.45, 2.75) is 18.7 Å². The van der Waals surface area contributed by atoms with Crippen molar-refractivity contribution in [1.29, 1.82) is 0 Å². The lowest BCUT2D eigenvalue weighted by Crippen LogP contribution is -2.27. The van der Waals surface area contributed by atoms with Gasteiger partial charge in [0.15, 0.2) is 0 Å². The third kappa shape index (κ3) is 4.46. The summed E-state index contributed by atoms with van der Waals surface area (Å²) >= 11 is 1.51. The minimum atomic E-state index is -3.52. The molecule has 0 saturated carbocycles. The van der Waals surface area contributed by atoms with Gasteiger partial charge in [-0.2, -0.15) is 0 Å². The van der Waals surface area contributed by atoms with E-state index in [0.29, 0.717) is 23.7 Å². The van der Waals surface area contributed by atoms with Gasteiger partial charge in [0.05, 0.1) is 10.6 Å². The number of nitrogens with two attached hydrogens (primary N) is 1. The summed E-state index contributed by atoms with van der Waals surface area (Å²) in [4.78, 5) is 0.243. The lowest BCUT2D eigenvalue weighted by atomic mass is 10.1. The number of hydrogen-bond donors (Lipinski definition) is 2. The van der Waals surface area contributed by atoms with Crippen LogP contribution >= 0.6 is 11.8 Å². The van der Waals surface area contributed by atoms with Gasteiger partial charge in [-0.05, 0) is 37.1 Å². The van der Waals surface area contributed by atoms with Crippen LogP contribution in [0.5, 0.6) is 0 Å². The van der Waals surface area contributed by atoms with E-state index in [1.165, 1.54) is 17.8 Å². The van der Waals surface area contributed by atoms with Crippen molar-refractivity contribution in [3.63, 3.8) is 0 Å². The van der Waals surface area contributed by atoms with E-state index in [0.717, 1.165) is 11.1 Å². The quantitative estimate of drug-likeness (QED) is 0.474. The Hall–Kier alpha value is -1.16. The van der Waals surface area contributed by atoms with Crippen LogP contribution in [0.25, 0.3) is 0 Å². The second-order valence-corrected chi connectivity index (χ2v) is 6.96. The summed E-state index contributed by atoms with van der Waals surface area (Å²) in [5.41, 5.74) is 7.73. The molecule has 0 amide bonds. The van der Waals surface area contributed by atoms with Gasteiger partial charge in [-0.15, -0.1) is 18.2 Å². The summed E-state index contributed by atoms with van der Waals surface area (Å²) in [5, 5.41) is 0. The second kappa shape index (κ2) is 6.85. The predicted octanol–water partition coefficient (Wildman–Crippen LogP) is 1.53. The van der Waals surface area contributed by atoms with Crippen LogP contribution in [0.3, 0.4) is 0 Å². The fraction of sp³-hybridized carbons (Fsp3) is 0.385. The maximum Gasteiger partial charge on any atom is 0.240 e. The van der Waals surface area contributed by atoms with Gasteiger partial charge >= 0.3 is 0 Å². The van der Waals surface area contributed by atoms with E-state index in [2.05, 4.69) is 10.6 Å². The molecule has 0 aliphatic rings. The Balaban J connectivity index is 2.81. The van der Waals surface area contributed by atoms with Crippen LogP contribution in [0.2, 0.25) is 0 Å². The van der Waals surface area contributed by atoms with E-state index in [1.807, 2.05) is 6.92 Å². The van der Waals surface area contributed by atoms with Gasteiger partial charge in [0.1, 0.15) is 0 Å². The van der Waals surface area contributed by atoms with Crippen LogP contribution in [0.4, 0.5) is 5.69 Å². The van der Waals surface area contributed by atoms with Gasteiger partial charge in [-0.1, -0.05) is 5.92 Å². The highest BCUT2D eigenvalue weighted by molar-refractivity contribution is 7.99. The third-order valence-electron chi connectivity index (χ3n) is 2.66. The molecule has 0 aromatic heterocycles. The van der Waals surface area contributed by atoms with Crippen molar-refractivity contribution >= 4 is 27.5 Å². The van der Waals surface area contributed by atoms with Crippen LogP contribution < -0.4 is 10.5 Å². The average Bonchev–Trinajstić information content (AvgIpc) is 2.33. The molecule has 0 fully saturated rings. The van der Waals surface area contributed by atoms with Crippen molar-refractivity contribution in [2.75, 3.05) is 23.8 Å². The lowest BCUT2D eigenvalue weighted by molar-refractivity contribution is 0.583. The first-order chi connectivity index (χ1) is 8.88. The molecule has 1 aromatic rings. The number of rotatable bonds is 6. The smallest absolute Gasteiger partial charge is 0.240 e. The van der Waals surface area contributed by atoms with Gasteiger partial charge in [0.2, 0.25) is 10.0 Å². The fourth-order valence-electron chi connectivity index (χ4n) is 1.59. The summed E-state index contributed by atoms with van der Waals surface area (Å²) < 4.78 is 26.9. The molecule has 6 heteroatoms. The molecule has 0 aliphatic carbocycles. The third-order valence-corrected chi connectivity index (χ3v) is 5.11. The summed E-state index contributed by atoms with van der Waals surface area (Å²) in [6.07, 6.45) is 5.12.